The van der Waals surface area contributed by atoms with Gasteiger partial charge in [-0.3, -0.25) is 9.78 Å². The molecule has 0 N–H and O–H groups in total. The van der Waals surface area contributed by atoms with Gasteiger partial charge in [-0.1, -0.05) is 19.4 Å². The molecule has 5 nitrogen and oxygen atoms in total. The molecule has 0 radical (unpaired) electrons. The van der Waals surface area contributed by atoms with E-state index in [0.29, 0.717) is 26.1 Å². The largest absolute Gasteiger partial charge is 0.370 e. The minimum absolute atomic E-state index is 0.00978. The summed E-state index contributed by atoms with van der Waals surface area (Å²) in [6.07, 6.45) is 8.23. The third kappa shape index (κ3) is 4.23. The lowest BCUT2D eigenvalue weighted by Gasteiger charge is -2.24. The van der Waals surface area contributed by atoms with Crippen LogP contribution in [-0.2, 0) is 29.2 Å². The van der Waals surface area contributed by atoms with E-state index in [4.69, 9.17) is 4.74 Å². The van der Waals surface area contributed by atoms with Crippen LogP contribution in [0.25, 0.3) is 0 Å². The van der Waals surface area contributed by atoms with Crippen LogP contribution in [0.3, 0.4) is 0 Å². The van der Waals surface area contributed by atoms with E-state index in [0.717, 1.165) is 24.9 Å². The highest BCUT2D eigenvalue weighted by Crippen LogP contribution is 2.17. The van der Waals surface area contributed by atoms with Crippen molar-refractivity contribution in [3.05, 3.63) is 54.1 Å². The summed E-state index contributed by atoms with van der Waals surface area (Å²) < 4.78 is 8.30. The van der Waals surface area contributed by atoms with Crippen molar-refractivity contribution in [2.45, 2.75) is 52.0 Å². The normalized spacial score (nSPS) is 17.4. The molecule has 128 valence electrons. The zero-order chi connectivity index (χ0) is 16.8. The highest BCUT2D eigenvalue weighted by atomic mass is 16.5. The average molecular weight is 327 g/mol. The van der Waals surface area contributed by atoms with Crippen molar-refractivity contribution >= 4 is 5.91 Å². The van der Waals surface area contributed by atoms with Gasteiger partial charge in [-0.25, -0.2) is 0 Å². The number of pyridine rings is 1. The molecule has 1 atom stereocenters. The molecular formula is C19H25N3O2. The van der Waals surface area contributed by atoms with E-state index in [9.17, 15) is 4.79 Å². The summed E-state index contributed by atoms with van der Waals surface area (Å²) in [5.74, 6) is 0.224. The van der Waals surface area contributed by atoms with E-state index >= 15 is 0 Å². The van der Waals surface area contributed by atoms with Crippen molar-refractivity contribution in [1.29, 1.82) is 0 Å². The van der Waals surface area contributed by atoms with E-state index in [2.05, 4.69) is 28.7 Å². The maximum Gasteiger partial charge on any atom is 0.223 e. The van der Waals surface area contributed by atoms with Crippen LogP contribution in [0.4, 0.5) is 0 Å². The van der Waals surface area contributed by atoms with Crippen molar-refractivity contribution in [2.24, 2.45) is 0 Å². The maximum atomic E-state index is 12.5. The Balaban J connectivity index is 1.68. The van der Waals surface area contributed by atoms with Crippen LogP contribution in [0.15, 0.2) is 42.9 Å². The van der Waals surface area contributed by atoms with Crippen LogP contribution >= 0.6 is 0 Å². The molecular weight excluding hydrogens is 302 g/mol. The van der Waals surface area contributed by atoms with Gasteiger partial charge in [0.25, 0.3) is 0 Å². The van der Waals surface area contributed by atoms with Crippen LogP contribution in [0.1, 0.15) is 37.4 Å². The predicted molar refractivity (Wildman–Crippen MR) is 92.2 cm³/mol. The van der Waals surface area contributed by atoms with Crippen molar-refractivity contribution in [1.82, 2.24) is 14.5 Å². The molecule has 24 heavy (non-hydrogen) atoms. The lowest BCUT2D eigenvalue weighted by molar-refractivity contribution is -0.134. The van der Waals surface area contributed by atoms with Crippen molar-refractivity contribution in [2.75, 3.05) is 6.54 Å². The Morgan fingerprint density at radius 1 is 1.33 bits per heavy atom. The first kappa shape index (κ1) is 16.7. The summed E-state index contributed by atoms with van der Waals surface area (Å²) in [5.41, 5.74) is 2.23. The number of carbonyl (C=O) groups is 1. The van der Waals surface area contributed by atoms with Crippen molar-refractivity contribution in [3.8, 4) is 0 Å². The SMILES string of the molecule is CCCCC(=O)N1Cc2cccn2CC(OCc2cccnc2)C1. The number of rotatable bonds is 6. The number of fused-ring (bicyclic) bond motifs is 1. The highest BCUT2D eigenvalue weighted by molar-refractivity contribution is 5.76. The molecule has 3 heterocycles. The van der Waals surface area contributed by atoms with Crippen LogP contribution in [-0.4, -0.2) is 33.0 Å². The number of carbonyl (C=O) groups excluding carboxylic acids is 1. The average Bonchev–Trinajstić information content (AvgIpc) is 2.96. The van der Waals surface area contributed by atoms with E-state index < -0.39 is 0 Å². The molecule has 0 spiro atoms. The highest BCUT2D eigenvalue weighted by Gasteiger charge is 2.25. The van der Waals surface area contributed by atoms with Crippen LogP contribution in [0.2, 0.25) is 0 Å². The Labute approximate surface area is 143 Å². The number of hydrogen-bond donors (Lipinski definition) is 0. The molecule has 3 rings (SSSR count). The van der Waals surface area contributed by atoms with Gasteiger partial charge in [-0.2, -0.15) is 0 Å². The Hall–Kier alpha value is -2.14. The first-order valence-electron chi connectivity index (χ1n) is 8.68. The maximum absolute atomic E-state index is 12.5. The summed E-state index contributed by atoms with van der Waals surface area (Å²) >= 11 is 0. The third-order valence-corrected chi connectivity index (χ3v) is 4.41. The van der Waals surface area contributed by atoms with Gasteiger partial charge >= 0.3 is 0 Å². The second kappa shape index (κ2) is 8.11. The molecule has 0 saturated heterocycles. The fourth-order valence-electron chi connectivity index (χ4n) is 3.03. The standard InChI is InChI=1S/C19H25N3O2/c1-2-3-8-19(23)22-12-17-7-5-10-21(17)13-18(14-22)24-15-16-6-4-9-20-11-16/h4-7,9-11,18H,2-3,8,12-15H2,1H3. The second-order valence-electron chi connectivity index (χ2n) is 6.32. The van der Waals surface area contributed by atoms with E-state index in [-0.39, 0.29) is 12.0 Å². The topological polar surface area (TPSA) is 47.4 Å². The van der Waals surface area contributed by atoms with Crippen molar-refractivity contribution < 1.29 is 9.53 Å². The molecule has 0 fully saturated rings. The van der Waals surface area contributed by atoms with E-state index in [1.165, 1.54) is 5.69 Å². The lowest BCUT2D eigenvalue weighted by atomic mass is 10.2. The number of nitrogens with zero attached hydrogens (tertiary/aromatic N) is 3. The quantitative estimate of drug-likeness (QED) is 0.819. The minimum Gasteiger partial charge on any atom is -0.370 e. The van der Waals surface area contributed by atoms with E-state index in [1.54, 1.807) is 6.20 Å². The number of ether oxygens (including phenoxy) is 1. The molecule has 1 amide bonds. The van der Waals surface area contributed by atoms with Gasteiger partial charge in [-0.05, 0) is 30.2 Å². The summed E-state index contributed by atoms with van der Waals surface area (Å²) in [4.78, 5) is 18.6. The molecule has 2 aromatic heterocycles. The summed E-state index contributed by atoms with van der Waals surface area (Å²) in [6.45, 7) is 4.72. The Morgan fingerprint density at radius 3 is 3.04 bits per heavy atom. The smallest absolute Gasteiger partial charge is 0.223 e. The third-order valence-electron chi connectivity index (χ3n) is 4.41. The Bertz CT molecular complexity index is 654. The van der Waals surface area contributed by atoms with E-state index in [1.807, 2.05) is 29.3 Å². The van der Waals surface area contributed by atoms with Gasteiger partial charge in [0.1, 0.15) is 0 Å². The molecule has 1 aliphatic heterocycles. The minimum atomic E-state index is -0.00978. The monoisotopic (exact) mass is 327 g/mol. The zero-order valence-electron chi connectivity index (χ0n) is 14.2. The Kier molecular flexibility index (Phi) is 5.64. The lowest BCUT2D eigenvalue weighted by Crippen LogP contribution is -2.37. The number of unbranched alkanes of at least 4 members (excludes halogenated alkanes) is 1. The summed E-state index contributed by atoms with van der Waals surface area (Å²) in [6, 6.07) is 8.04. The molecule has 1 aliphatic rings. The number of aromatic nitrogens is 2. The van der Waals surface area contributed by atoms with Gasteiger partial charge in [0.2, 0.25) is 5.91 Å². The van der Waals surface area contributed by atoms with Gasteiger partial charge in [-0.15, -0.1) is 0 Å². The fraction of sp³-hybridized carbons (Fsp3) is 0.474. The summed E-state index contributed by atoms with van der Waals surface area (Å²) in [5, 5.41) is 0. The van der Waals surface area contributed by atoms with Crippen LogP contribution in [0, 0.1) is 0 Å². The van der Waals surface area contributed by atoms with Crippen LogP contribution < -0.4 is 0 Å². The zero-order valence-corrected chi connectivity index (χ0v) is 14.2. The molecule has 0 saturated carbocycles. The molecule has 2 aromatic rings. The van der Waals surface area contributed by atoms with Gasteiger partial charge < -0.3 is 14.2 Å². The second-order valence-corrected chi connectivity index (χ2v) is 6.32. The van der Waals surface area contributed by atoms with Gasteiger partial charge in [0.15, 0.2) is 0 Å². The number of amides is 1. The molecule has 0 aromatic carbocycles. The Morgan fingerprint density at radius 2 is 2.25 bits per heavy atom. The van der Waals surface area contributed by atoms with Gasteiger partial charge in [0.05, 0.1) is 25.8 Å². The van der Waals surface area contributed by atoms with Crippen molar-refractivity contribution in [3.63, 3.8) is 0 Å². The first-order valence-corrected chi connectivity index (χ1v) is 8.68. The van der Waals surface area contributed by atoms with Crippen LogP contribution in [0.5, 0.6) is 0 Å². The fourth-order valence-corrected chi connectivity index (χ4v) is 3.03. The summed E-state index contributed by atoms with van der Waals surface area (Å²) in [7, 11) is 0. The molecule has 1 unspecified atom stereocenters. The van der Waals surface area contributed by atoms with Gasteiger partial charge in [0, 0.05) is 37.3 Å². The molecule has 0 bridgehead atoms. The molecule has 5 heteroatoms. The molecule has 0 aliphatic carbocycles. The predicted octanol–water partition coefficient (Wildman–Crippen LogP) is 3.00. The first-order chi connectivity index (χ1) is 11.8. The number of hydrogen-bond acceptors (Lipinski definition) is 3.